The summed E-state index contributed by atoms with van der Waals surface area (Å²) >= 11 is 3.58. The first-order chi connectivity index (χ1) is 7.51. The van der Waals surface area contributed by atoms with Crippen LogP contribution in [0.25, 0.3) is 0 Å². The number of benzene rings is 1. The Bertz CT molecular complexity index is 361. The van der Waals surface area contributed by atoms with Crippen molar-refractivity contribution in [3.63, 3.8) is 0 Å². The Morgan fingerprint density at radius 2 is 1.94 bits per heavy atom. The summed E-state index contributed by atoms with van der Waals surface area (Å²) in [6, 6.07) is 4.08. The summed E-state index contributed by atoms with van der Waals surface area (Å²) < 4.78 is 6.46. The first-order valence-electron chi connectivity index (χ1n) is 5.49. The van der Waals surface area contributed by atoms with E-state index < -0.39 is 0 Å². The van der Waals surface area contributed by atoms with Crippen LogP contribution in [0.15, 0.2) is 16.6 Å². The molecule has 2 nitrogen and oxygen atoms in total. The Kier molecular flexibility index (Phi) is 4.81. The lowest BCUT2D eigenvalue weighted by Crippen LogP contribution is -2.03. The first-order valence-corrected chi connectivity index (χ1v) is 6.28. The molecule has 1 atom stereocenters. The highest BCUT2D eigenvalue weighted by Gasteiger charge is 2.15. The molecule has 0 aromatic heterocycles. The molecule has 0 spiro atoms. The zero-order chi connectivity index (χ0) is 12.3. The molecule has 1 rings (SSSR count). The van der Waals surface area contributed by atoms with Crippen molar-refractivity contribution >= 4 is 15.9 Å². The predicted octanol–water partition coefficient (Wildman–Crippen LogP) is 3.68. The lowest BCUT2D eigenvalue weighted by molar-refractivity contribution is 0.272. The minimum atomic E-state index is 0.131. The summed E-state index contributed by atoms with van der Waals surface area (Å²) in [4.78, 5) is 0. The van der Waals surface area contributed by atoms with Crippen LogP contribution < -0.4 is 4.74 Å². The van der Waals surface area contributed by atoms with Gasteiger partial charge >= 0.3 is 0 Å². The second kappa shape index (κ2) is 5.69. The quantitative estimate of drug-likeness (QED) is 0.915. The van der Waals surface area contributed by atoms with Crippen LogP contribution in [0.3, 0.4) is 0 Å². The monoisotopic (exact) mass is 286 g/mol. The van der Waals surface area contributed by atoms with Crippen molar-refractivity contribution in [3.8, 4) is 5.75 Å². The number of methoxy groups -OCH3 is 1. The molecule has 1 aromatic rings. The van der Waals surface area contributed by atoms with Gasteiger partial charge in [0.25, 0.3) is 0 Å². The standard InChI is InChI=1S/C13H19BrO2/c1-8(2)13-11(14)5-10(9(3)7-15)6-12(13)16-4/h5-6,8-9,15H,7H2,1-4H3. The molecule has 0 heterocycles. The maximum absolute atomic E-state index is 9.17. The number of hydrogen-bond acceptors (Lipinski definition) is 2. The summed E-state index contributed by atoms with van der Waals surface area (Å²) in [5.41, 5.74) is 2.27. The van der Waals surface area contributed by atoms with E-state index in [4.69, 9.17) is 9.84 Å². The van der Waals surface area contributed by atoms with Crippen LogP contribution in [0.1, 0.15) is 43.7 Å². The Morgan fingerprint density at radius 1 is 1.31 bits per heavy atom. The molecule has 1 unspecified atom stereocenters. The number of aliphatic hydroxyl groups excluding tert-OH is 1. The number of ether oxygens (including phenoxy) is 1. The van der Waals surface area contributed by atoms with Crippen molar-refractivity contribution in [1.29, 1.82) is 0 Å². The minimum Gasteiger partial charge on any atom is -0.496 e. The topological polar surface area (TPSA) is 29.5 Å². The molecule has 0 bridgehead atoms. The van der Waals surface area contributed by atoms with Gasteiger partial charge in [0, 0.05) is 22.6 Å². The zero-order valence-corrected chi connectivity index (χ0v) is 11.8. The molecule has 0 aliphatic rings. The summed E-state index contributed by atoms with van der Waals surface area (Å²) in [6.45, 7) is 6.42. The van der Waals surface area contributed by atoms with Gasteiger partial charge in [-0.05, 0) is 23.6 Å². The highest BCUT2D eigenvalue weighted by molar-refractivity contribution is 9.10. The second-order valence-electron chi connectivity index (χ2n) is 4.36. The van der Waals surface area contributed by atoms with Crippen LogP contribution in [0.5, 0.6) is 5.75 Å². The first kappa shape index (κ1) is 13.5. The van der Waals surface area contributed by atoms with E-state index in [1.807, 2.05) is 13.0 Å². The molecular formula is C13H19BrO2. The molecule has 90 valence electrons. The molecule has 16 heavy (non-hydrogen) atoms. The van der Waals surface area contributed by atoms with Crippen LogP contribution in [0.4, 0.5) is 0 Å². The summed E-state index contributed by atoms with van der Waals surface area (Å²) in [6.07, 6.45) is 0. The third-order valence-electron chi connectivity index (χ3n) is 2.75. The van der Waals surface area contributed by atoms with E-state index in [1.54, 1.807) is 7.11 Å². The molecule has 0 fully saturated rings. The fourth-order valence-electron chi connectivity index (χ4n) is 1.73. The van der Waals surface area contributed by atoms with Crippen molar-refractivity contribution in [2.24, 2.45) is 0 Å². The van der Waals surface area contributed by atoms with E-state index >= 15 is 0 Å². The van der Waals surface area contributed by atoms with E-state index in [1.165, 1.54) is 5.56 Å². The molecule has 0 aliphatic heterocycles. The van der Waals surface area contributed by atoms with E-state index in [-0.39, 0.29) is 12.5 Å². The summed E-state index contributed by atoms with van der Waals surface area (Å²) in [5, 5.41) is 9.17. The van der Waals surface area contributed by atoms with Gasteiger partial charge in [-0.3, -0.25) is 0 Å². The molecule has 1 N–H and O–H groups in total. The Hall–Kier alpha value is -0.540. The molecule has 0 saturated heterocycles. The van der Waals surface area contributed by atoms with Gasteiger partial charge in [0.05, 0.1) is 7.11 Å². The van der Waals surface area contributed by atoms with Crippen LogP contribution in [0, 0.1) is 0 Å². The van der Waals surface area contributed by atoms with Crippen LogP contribution in [-0.4, -0.2) is 18.8 Å². The second-order valence-corrected chi connectivity index (χ2v) is 5.21. The highest BCUT2D eigenvalue weighted by Crippen LogP contribution is 2.36. The average Bonchev–Trinajstić information content (AvgIpc) is 2.26. The fourth-order valence-corrected chi connectivity index (χ4v) is 2.65. The smallest absolute Gasteiger partial charge is 0.123 e. The van der Waals surface area contributed by atoms with Gasteiger partial charge in [-0.15, -0.1) is 0 Å². The summed E-state index contributed by atoms with van der Waals surface area (Å²) in [5.74, 6) is 1.42. The van der Waals surface area contributed by atoms with E-state index in [0.717, 1.165) is 15.8 Å². The largest absolute Gasteiger partial charge is 0.496 e. The maximum Gasteiger partial charge on any atom is 0.123 e. The third-order valence-corrected chi connectivity index (χ3v) is 3.41. The molecular weight excluding hydrogens is 268 g/mol. The Morgan fingerprint density at radius 3 is 2.38 bits per heavy atom. The molecule has 3 heteroatoms. The zero-order valence-electron chi connectivity index (χ0n) is 10.2. The van der Waals surface area contributed by atoms with Crippen molar-refractivity contribution in [1.82, 2.24) is 0 Å². The van der Waals surface area contributed by atoms with E-state index in [2.05, 4.69) is 35.8 Å². The van der Waals surface area contributed by atoms with Crippen molar-refractivity contribution in [3.05, 3.63) is 27.7 Å². The van der Waals surface area contributed by atoms with Gasteiger partial charge in [-0.1, -0.05) is 36.7 Å². The van der Waals surface area contributed by atoms with E-state index in [0.29, 0.717) is 5.92 Å². The maximum atomic E-state index is 9.17. The molecule has 0 amide bonds. The molecule has 0 aliphatic carbocycles. The van der Waals surface area contributed by atoms with Gasteiger partial charge in [0.2, 0.25) is 0 Å². The van der Waals surface area contributed by atoms with Crippen LogP contribution in [-0.2, 0) is 0 Å². The van der Waals surface area contributed by atoms with Crippen molar-refractivity contribution in [2.75, 3.05) is 13.7 Å². The van der Waals surface area contributed by atoms with Crippen molar-refractivity contribution in [2.45, 2.75) is 32.6 Å². The molecule has 1 aromatic carbocycles. The lowest BCUT2D eigenvalue weighted by Gasteiger charge is -2.18. The summed E-state index contributed by atoms with van der Waals surface area (Å²) in [7, 11) is 1.68. The lowest BCUT2D eigenvalue weighted by atomic mass is 9.95. The normalized spacial score (nSPS) is 12.9. The molecule has 0 radical (unpaired) electrons. The van der Waals surface area contributed by atoms with Gasteiger partial charge in [0.1, 0.15) is 5.75 Å². The number of halogens is 1. The predicted molar refractivity (Wildman–Crippen MR) is 70.3 cm³/mol. The SMILES string of the molecule is COc1cc(C(C)CO)cc(Br)c1C(C)C. The minimum absolute atomic E-state index is 0.131. The third kappa shape index (κ3) is 2.77. The van der Waals surface area contributed by atoms with Gasteiger partial charge < -0.3 is 9.84 Å². The van der Waals surface area contributed by atoms with Crippen molar-refractivity contribution < 1.29 is 9.84 Å². The van der Waals surface area contributed by atoms with Gasteiger partial charge in [-0.2, -0.15) is 0 Å². The van der Waals surface area contributed by atoms with Gasteiger partial charge in [0.15, 0.2) is 0 Å². The number of hydrogen-bond donors (Lipinski definition) is 1. The van der Waals surface area contributed by atoms with E-state index in [9.17, 15) is 0 Å². The fraction of sp³-hybridized carbons (Fsp3) is 0.538. The average molecular weight is 287 g/mol. The number of aliphatic hydroxyl groups is 1. The highest BCUT2D eigenvalue weighted by atomic mass is 79.9. The Labute approximate surface area is 106 Å². The Balaban J connectivity index is 3.26. The van der Waals surface area contributed by atoms with Gasteiger partial charge in [-0.25, -0.2) is 0 Å². The molecule has 0 saturated carbocycles. The van der Waals surface area contributed by atoms with Crippen LogP contribution in [0.2, 0.25) is 0 Å². The van der Waals surface area contributed by atoms with Crippen LogP contribution >= 0.6 is 15.9 Å². The number of rotatable bonds is 4.